The summed E-state index contributed by atoms with van der Waals surface area (Å²) in [6, 6.07) is 4.88. The summed E-state index contributed by atoms with van der Waals surface area (Å²) in [5.41, 5.74) is 10.9. The van der Waals surface area contributed by atoms with Gasteiger partial charge in [0.1, 0.15) is 5.75 Å². The number of aliphatic imine (C=N–C) groups is 1. The molecule has 0 aliphatic heterocycles. The summed E-state index contributed by atoms with van der Waals surface area (Å²) in [5, 5.41) is 19.3. The minimum Gasteiger partial charge on any atom is -0.507 e. The summed E-state index contributed by atoms with van der Waals surface area (Å²) in [6.45, 7) is 4.07. The topological polar surface area (TPSA) is 105 Å². The Hall–Kier alpha value is -0.920. The third kappa shape index (κ3) is 5.61. The van der Waals surface area contributed by atoms with Crippen molar-refractivity contribution in [2.24, 2.45) is 16.5 Å². The second-order valence-corrected chi connectivity index (χ2v) is 4.65. The van der Waals surface area contributed by atoms with Crippen molar-refractivity contribution in [1.29, 1.82) is 0 Å². The Labute approximate surface area is 118 Å². The smallest absolute Gasteiger partial charge is 0.186 e. The molecule has 0 saturated heterocycles. The minimum absolute atomic E-state index is 0.0720. The van der Waals surface area contributed by atoms with Crippen LogP contribution in [0.4, 0.5) is 0 Å². The predicted octanol–water partition coefficient (Wildman–Crippen LogP) is 2.13. The normalized spacial score (nSPS) is 11.1. The molecule has 1 atom stereocenters. The summed E-state index contributed by atoms with van der Waals surface area (Å²) in [7, 11) is 1.25. The van der Waals surface area contributed by atoms with E-state index in [-0.39, 0.29) is 18.3 Å². The molecule has 0 amide bonds. The van der Waals surface area contributed by atoms with Gasteiger partial charge in [0, 0.05) is 0 Å². The van der Waals surface area contributed by atoms with E-state index in [1.807, 2.05) is 13.8 Å². The average molecular weight is 336 g/mol. The molecule has 5 nitrogen and oxygen atoms in total. The Balaban J connectivity index is 0.00000137. The van der Waals surface area contributed by atoms with Crippen LogP contribution in [0.15, 0.2) is 28.1 Å². The van der Waals surface area contributed by atoms with Gasteiger partial charge in [0.15, 0.2) is 5.96 Å². The first-order chi connectivity index (χ1) is 8.54. The molecule has 0 aromatic heterocycles. The summed E-state index contributed by atoms with van der Waals surface area (Å²) in [5.74, 6) is 0.0269. The molecule has 0 aliphatic carbocycles. The standard InChI is InChI=1S/C9H12BrN3O2S.C2H6/c10-16-8-2-1-5(3-6(8)14)7(15)4-13-9(11)12;1-2/h1-3,7,14-15H,4H2,(H4,11,12,13);1-2H3/t7-;/m0./s1. The average Bonchev–Trinajstić information content (AvgIpc) is 2.38. The van der Waals surface area contributed by atoms with Crippen LogP contribution >= 0.6 is 25.0 Å². The first-order valence-corrected chi connectivity index (χ1v) is 8.05. The quantitative estimate of drug-likeness (QED) is 0.498. The van der Waals surface area contributed by atoms with Crippen molar-refractivity contribution in [1.82, 2.24) is 0 Å². The molecular weight excluding hydrogens is 318 g/mol. The van der Waals surface area contributed by atoms with E-state index < -0.39 is 6.10 Å². The van der Waals surface area contributed by atoms with Gasteiger partial charge in [-0.2, -0.15) is 0 Å². The number of phenolic OH excluding ortho intramolecular Hbond substituents is 1. The van der Waals surface area contributed by atoms with Crippen LogP contribution in [-0.2, 0) is 0 Å². The fraction of sp³-hybridized carbons (Fsp3) is 0.364. The fourth-order valence-corrected chi connectivity index (χ4v) is 2.18. The van der Waals surface area contributed by atoms with Crippen molar-refractivity contribution in [3.63, 3.8) is 0 Å². The molecule has 0 unspecified atom stereocenters. The predicted molar refractivity (Wildman–Crippen MR) is 79.9 cm³/mol. The Bertz CT molecular complexity index is 398. The molecule has 1 aromatic rings. The number of aliphatic hydroxyl groups is 1. The number of aliphatic hydroxyl groups excluding tert-OH is 1. The molecule has 18 heavy (non-hydrogen) atoms. The molecule has 1 rings (SSSR count). The van der Waals surface area contributed by atoms with Crippen LogP contribution in [0.3, 0.4) is 0 Å². The molecule has 1 aromatic carbocycles. The Kier molecular flexibility index (Phi) is 8.61. The van der Waals surface area contributed by atoms with E-state index in [9.17, 15) is 10.2 Å². The Morgan fingerprint density at radius 2 is 2.06 bits per heavy atom. The molecule has 0 spiro atoms. The molecule has 7 heteroatoms. The molecule has 6 N–H and O–H groups in total. The molecule has 0 fully saturated rings. The molecule has 0 aliphatic rings. The van der Waals surface area contributed by atoms with E-state index in [2.05, 4.69) is 19.8 Å². The highest BCUT2D eigenvalue weighted by molar-refractivity contribution is 9.50. The zero-order valence-corrected chi connectivity index (χ0v) is 12.7. The highest BCUT2D eigenvalue weighted by Crippen LogP contribution is 2.34. The van der Waals surface area contributed by atoms with Gasteiger partial charge in [0.25, 0.3) is 0 Å². The third-order valence-corrected chi connectivity index (χ3v) is 3.46. The number of halogens is 1. The lowest BCUT2D eigenvalue weighted by Crippen LogP contribution is -2.23. The van der Waals surface area contributed by atoms with Gasteiger partial charge in [0.2, 0.25) is 0 Å². The van der Waals surface area contributed by atoms with Gasteiger partial charge in [0.05, 0.1) is 17.5 Å². The molecule has 0 saturated carbocycles. The number of nitrogens with two attached hydrogens (primary N) is 2. The number of hydrogen-bond donors (Lipinski definition) is 4. The zero-order chi connectivity index (χ0) is 14.1. The first kappa shape index (κ1) is 17.1. The van der Waals surface area contributed by atoms with Crippen LogP contribution in [0, 0.1) is 0 Å². The van der Waals surface area contributed by atoms with Crippen LogP contribution in [0.25, 0.3) is 0 Å². The fourth-order valence-electron chi connectivity index (χ4n) is 1.10. The van der Waals surface area contributed by atoms with Gasteiger partial charge in [-0.1, -0.05) is 19.9 Å². The highest BCUT2D eigenvalue weighted by Gasteiger charge is 2.09. The van der Waals surface area contributed by atoms with Crippen molar-refractivity contribution in [2.45, 2.75) is 24.8 Å². The van der Waals surface area contributed by atoms with Crippen LogP contribution < -0.4 is 11.5 Å². The second-order valence-electron chi connectivity index (χ2n) is 3.09. The molecule has 0 bridgehead atoms. The van der Waals surface area contributed by atoms with Gasteiger partial charge in [-0.3, -0.25) is 4.99 Å². The van der Waals surface area contributed by atoms with Crippen molar-refractivity contribution < 1.29 is 10.2 Å². The number of phenols is 1. The maximum absolute atomic E-state index is 9.71. The molecule has 0 radical (unpaired) electrons. The van der Waals surface area contributed by atoms with Crippen LogP contribution in [0.2, 0.25) is 0 Å². The molecular formula is C11H18BrN3O2S. The monoisotopic (exact) mass is 335 g/mol. The maximum Gasteiger partial charge on any atom is 0.186 e. The number of aromatic hydroxyl groups is 1. The van der Waals surface area contributed by atoms with Crippen molar-refractivity contribution in [3.05, 3.63) is 23.8 Å². The van der Waals surface area contributed by atoms with E-state index in [4.69, 9.17) is 11.5 Å². The van der Waals surface area contributed by atoms with E-state index in [1.165, 1.54) is 16.3 Å². The van der Waals surface area contributed by atoms with Crippen molar-refractivity contribution >= 4 is 31.0 Å². The highest BCUT2D eigenvalue weighted by atomic mass is 79.9. The zero-order valence-electron chi connectivity index (χ0n) is 10.3. The largest absolute Gasteiger partial charge is 0.507 e. The number of hydrogen-bond acceptors (Lipinski definition) is 4. The van der Waals surface area contributed by atoms with E-state index >= 15 is 0 Å². The minimum atomic E-state index is -0.831. The third-order valence-electron chi connectivity index (χ3n) is 1.90. The van der Waals surface area contributed by atoms with Crippen LogP contribution in [0.5, 0.6) is 5.75 Å². The van der Waals surface area contributed by atoms with Gasteiger partial charge in [-0.25, -0.2) is 0 Å². The number of guanidine groups is 1. The van der Waals surface area contributed by atoms with Crippen LogP contribution in [-0.4, -0.2) is 22.7 Å². The number of benzene rings is 1. The van der Waals surface area contributed by atoms with E-state index in [1.54, 1.807) is 12.1 Å². The number of rotatable bonds is 4. The number of nitrogens with zero attached hydrogens (tertiary/aromatic N) is 1. The van der Waals surface area contributed by atoms with Crippen LogP contribution in [0.1, 0.15) is 25.5 Å². The SMILES string of the molecule is CC.NC(N)=NC[C@H](O)c1ccc(SBr)c(O)c1. The summed E-state index contributed by atoms with van der Waals surface area (Å²) < 4.78 is 0. The lowest BCUT2D eigenvalue weighted by Gasteiger charge is -2.10. The Morgan fingerprint density at radius 1 is 1.44 bits per heavy atom. The summed E-state index contributed by atoms with van der Waals surface area (Å²) >= 11 is 3.16. The van der Waals surface area contributed by atoms with E-state index in [0.29, 0.717) is 10.5 Å². The lowest BCUT2D eigenvalue weighted by molar-refractivity contribution is 0.186. The van der Waals surface area contributed by atoms with Crippen molar-refractivity contribution in [3.8, 4) is 5.75 Å². The summed E-state index contributed by atoms with van der Waals surface area (Å²) in [6.07, 6.45) is -0.831. The van der Waals surface area contributed by atoms with Gasteiger partial charge >= 0.3 is 0 Å². The Morgan fingerprint density at radius 3 is 2.50 bits per heavy atom. The van der Waals surface area contributed by atoms with E-state index in [0.717, 1.165) is 0 Å². The first-order valence-electron chi connectivity index (χ1n) is 5.39. The maximum atomic E-state index is 9.71. The lowest BCUT2D eigenvalue weighted by atomic mass is 10.1. The second kappa shape index (κ2) is 9.07. The van der Waals surface area contributed by atoms with Gasteiger partial charge in [-0.15, -0.1) is 0 Å². The van der Waals surface area contributed by atoms with Gasteiger partial charge < -0.3 is 21.7 Å². The van der Waals surface area contributed by atoms with Crippen molar-refractivity contribution in [2.75, 3.05) is 6.54 Å². The molecule has 0 heterocycles. The molecule has 102 valence electrons. The summed E-state index contributed by atoms with van der Waals surface area (Å²) in [4.78, 5) is 4.38. The van der Waals surface area contributed by atoms with Gasteiger partial charge in [-0.05, 0) is 42.7 Å².